The summed E-state index contributed by atoms with van der Waals surface area (Å²) in [5.74, 6) is 3.05. The largest absolute Gasteiger partial charge is 0.490 e. The van der Waals surface area contributed by atoms with Crippen LogP contribution in [0.3, 0.4) is 0 Å². The van der Waals surface area contributed by atoms with Crippen LogP contribution in [0.15, 0.2) is 40.2 Å². The molecule has 0 aromatic heterocycles. The number of hydrogen-bond donors (Lipinski definition) is 1. The lowest BCUT2D eigenvalue weighted by atomic mass is 10.1. The van der Waals surface area contributed by atoms with Crippen LogP contribution in [-0.2, 0) is 4.79 Å². The first-order chi connectivity index (χ1) is 14.4. The van der Waals surface area contributed by atoms with Gasteiger partial charge in [0.05, 0.1) is 22.2 Å². The molecule has 1 aliphatic heterocycles. The third-order valence-electron chi connectivity index (χ3n) is 4.30. The number of terminal acetylenes is 1. The fraction of sp³-hybridized carbons (Fsp3) is 0.217. The number of halogens is 1. The molecule has 2 aromatic rings. The highest BCUT2D eigenvalue weighted by atomic mass is 35.5. The van der Waals surface area contributed by atoms with Crippen LogP contribution in [0.5, 0.6) is 11.5 Å². The minimum atomic E-state index is -0.218. The van der Waals surface area contributed by atoms with Gasteiger partial charge >= 0.3 is 0 Å². The number of carbonyl (C=O) groups excluding carboxylic acids is 1. The number of nitrogens with one attached hydrogen (secondary N) is 1. The van der Waals surface area contributed by atoms with Crippen molar-refractivity contribution in [2.45, 2.75) is 20.8 Å². The average Bonchev–Trinajstić information content (AvgIpc) is 3.03. The molecule has 0 saturated carbocycles. The van der Waals surface area contributed by atoms with Gasteiger partial charge < -0.3 is 14.8 Å². The Morgan fingerprint density at radius 1 is 1.23 bits per heavy atom. The number of rotatable bonds is 6. The van der Waals surface area contributed by atoms with Crippen LogP contribution < -0.4 is 14.8 Å². The molecule has 1 heterocycles. The summed E-state index contributed by atoms with van der Waals surface area (Å²) in [6.45, 7) is 6.45. The Hall–Kier alpha value is -2.88. The Morgan fingerprint density at radius 2 is 2.03 bits per heavy atom. The van der Waals surface area contributed by atoms with Gasteiger partial charge in [0.2, 0.25) is 0 Å². The molecule has 2 aromatic carbocycles. The highest BCUT2D eigenvalue weighted by molar-refractivity contribution is 8.18. The van der Waals surface area contributed by atoms with Gasteiger partial charge in [-0.3, -0.25) is 4.79 Å². The van der Waals surface area contributed by atoms with Crippen molar-refractivity contribution in [2.75, 3.05) is 13.2 Å². The molecule has 7 heteroatoms. The number of aliphatic imine (C=N–C) groups is 1. The molecule has 0 aliphatic carbocycles. The lowest BCUT2D eigenvalue weighted by molar-refractivity contribution is -0.115. The Bertz CT molecular complexity index is 1090. The van der Waals surface area contributed by atoms with Gasteiger partial charge in [-0.05, 0) is 79.6 Å². The van der Waals surface area contributed by atoms with Crippen LogP contribution in [0.2, 0.25) is 5.02 Å². The molecule has 1 aliphatic rings. The van der Waals surface area contributed by atoms with E-state index < -0.39 is 0 Å². The molecule has 30 heavy (non-hydrogen) atoms. The van der Waals surface area contributed by atoms with E-state index in [1.807, 2.05) is 39.0 Å². The molecular formula is C23H21ClN2O3S. The maximum Gasteiger partial charge on any atom is 0.264 e. The number of nitrogens with zero attached hydrogens (tertiary/aromatic N) is 1. The minimum absolute atomic E-state index is 0.0802. The molecular weight excluding hydrogens is 420 g/mol. The fourth-order valence-electron chi connectivity index (χ4n) is 2.73. The minimum Gasteiger partial charge on any atom is -0.490 e. The number of amides is 1. The molecule has 0 unspecified atom stereocenters. The average molecular weight is 441 g/mol. The molecule has 1 N–H and O–H groups in total. The van der Waals surface area contributed by atoms with E-state index in [0.29, 0.717) is 38.8 Å². The van der Waals surface area contributed by atoms with E-state index in [1.54, 1.807) is 18.2 Å². The summed E-state index contributed by atoms with van der Waals surface area (Å²) in [6.07, 6.45) is 7.00. The predicted octanol–water partition coefficient (Wildman–Crippen LogP) is 5.26. The van der Waals surface area contributed by atoms with Gasteiger partial charge in [-0.2, -0.15) is 0 Å². The molecule has 1 fully saturated rings. The molecule has 3 rings (SSSR count). The summed E-state index contributed by atoms with van der Waals surface area (Å²) in [5, 5.41) is 3.68. The molecule has 0 radical (unpaired) electrons. The normalized spacial score (nSPS) is 15.9. The van der Waals surface area contributed by atoms with Crippen LogP contribution in [-0.4, -0.2) is 24.3 Å². The number of hydrogen-bond acceptors (Lipinski definition) is 5. The highest BCUT2D eigenvalue weighted by Gasteiger charge is 2.24. The van der Waals surface area contributed by atoms with E-state index in [9.17, 15) is 4.79 Å². The zero-order valence-corrected chi connectivity index (χ0v) is 18.5. The third-order valence-corrected chi connectivity index (χ3v) is 5.49. The smallest absolute Gasteiger partial charge is 0.264 e. The highest BCUT2D eigenvalue weighted by Crippen LogP contribution is 2.38. The van der Waals surface area contributed by atoms with Gasteiger partial charge in [0.15, 0.2) is 16.7 Å². The van der Waals surface area contributed by atoms with Crippen LogP contribution in [0.1, 0.15) is 23.6 Å². The first-order valence-electron chi connectivity index (χ1n) is 9.30. The van der Waals surface area contributed by atoms with Gasteiger partial charge in [0.1, 0.15) is 6.61 Å². The Labute approximate surface area is 185 Å². The maximum absolute atomic E-state index is 12.4. The summed E-state index contributed by atoms with van der Waals surface area (Å²) < 4.78 is 11.1. The number of thioether (sulfide) groups is 1. The van der Waals surface area contributed by atoms with E-state index in [4.69, 9.17) is 27.5 Å². The van der Waals surface area contributed by atoms with Crippen LogP contribution in [0, 0.1) is 26.2 Å². The Kier molecular flexibility index (Phi) is 7.09. The molecule has 154 valence electrons. The number of amidine groups is 1. The van der Waals surface area contributed by atoms with Crippen molar-refractivity contribution in [3.63, 3.8) is 0 Å². The third kappa shape index (κ3) is 5.18. The molecule has 1 saturated heterocycles. The predicted molar refractivity (Wildman–Crippen MR) is 124 cm³/mol. The molecule has 0 bridgehead atoms. The van der Waals surface area contributed by atoms with Crippen molar-refractivity contribution < 1.29 is 14.3 Å². The second-order valence-corrected chi connectivity index (χ2v) is 7.94. The standard InChI is InChI=1S/C23H21ClN2O3S/c1-5-9-29-21-18(24)11-16(12-19(21)28-6-2)13-20-22(27)26-23(30-20)25-17-8-7-14(3)15(4)10-17/h1,7-8,10-13H,6,9H2,2-4H3,(H,25,26,27)/b20-13-. The molecule has 5 nitrogen and oxygen atoms in total. The number of carbonyl (C=O) groups is 1. The van der Waals surface area contributed by atoms with E-state index in [-0.39, 0.29) is 12.5 Å². The zero-order chi connectivity index (χ0) is 21.7. The first kappa shape index (κ1) is 21.8. The quantitative estimate of drug-likeness (QED) is 0.491. The van der Waals surface area contributed by atoms with Gasteiger partial charge in [-0.15, -0.1) is 6.42 Å². The van der Waals surface area contributed by atoms with E-state index in [1.165, 1.54) is 17.3 Å². The zero-order valence-electron chi connectivity index (χ0n) is 16.9. The molecule has 0 spiro atoms. The summed E-state index contributed by atoms with van der Waals surface area (Å²) in [7, 11) is 0. The summed E-state index contributed by atoms with van der Waals surface area (Å²) in [5.41, 5.74) is 3.84. The topological polar surface area (TPSA) is 59.9 Å². The monoisotopic (exact) mass is 440 g/mol. The molecule has 1 amide bonds. The van der Waals surface area contributed by atoms with E-state index >= 15 is 0 Å². The lowest BCUT2D eigenvalue weighted by Gasteiger charge is -2.13. The number of ether oxygens (including phenoxy) is 2. The van der Waals surface area contributed by atoms with Gasteiger partial charge in [-0.1, -0.05) is 23.6 Å². The Morgan fingerprint density at radius 3 is 2.73 bits per heavy atom. The number of aryl methyl sites for hydroxylation is 2. The van der Waals surface area contributed by atoms with Crippen molar-refractivity contribution in [3.8, 4) is 23.8 Å². The van der Waals surface area contributed by atoms with E-state index in [0.717, 1.165) is 11.3 Å². The molecule has 0 atom stereocenters. The van der Waals surface area contributed by atoms with Crippen molar-refractivity contribution >= 4 is 46.2 Å². The van der Waals surface area contributed by atoms with Crippen molar-refractivity contribution in [2.24, 2.45) is 4.99 Å². The summed E-state index contributed by atoms with van der Waals surface area (Å²) in [6, 6.07) is 9.39. The summed E-state index contributed by atoms with van der Waals surface area (Å²) >= 11 is 7.63. The lowest BCUT2D eigenvalue weighted by Crippen LogP contribution is -2.19. The SMILES string of the molecule is C#CCOc1c(Cl)cc(/C=C2\SC(=Nc3ccc(C)c(C)c3)NC2=O)cc1OCC. The van der Waals surface area contributed by atoms with Crippen LogP contribution >= 0.6 is 23.4 Å². The first-order valence-corrected chi connectivity index (χ1v) is 10.5. The van der Waals surface area contributed by atoms with Crippen LogP contribution in [0.25, 0.3) is 6.08 Å². The number of benzene rings is 2. The van der Waals surface area contributed by atoms with Gasteiger partial charge in [-0.25, -0.2) is 4.99 Å². The summed E-state index contributed by atoms with van der Waals surface area (Å²) in [4.78, 5) is 17.5. The maximum atomic E-state index is 12.4. The van der Waals surface area contributed by atoms with E-state index in [2.05, 4.69) is 16.2 Å². The Balaban J connectivity index is 1.87. The van der Waals surface area contributed by atoms with Crippen molar-refractivity contribution in [3.05, 3.63) is 56.9 Å². The van der Waals surface area contributed by atoms with Crippen molar-refractivity contribution in [1.29, 1.82) is 0 Å². The van der Waals surface area contributed by atoms with Gasteiger partial charge in [0.25, 0.3) is 5.91 Å². The fourth-order valence-corrected chi connectivity index (χ4v) is 3.85. The second kappa shape index (κ2) is 9.75. The van der Waals surface area contributed by atoms with Crippen molar-refractivity contribution in [1.82, 2.24) is 5.32 Å². The second-order valence-electron chi connectivity index (χ2n) is 6.51. The van der Waals surface area contributed by atoms with Gasteiger partial charge in [0, 0.05) is 0 Å². The van der Waals surface area contributed by atoms with Crippen LogP contribution in [0.4, 0.5) is 5.69 Å².